The Hall–Kier alpha value is -1.36. The minimum atomic E-state index is 0.445. The summed E-state index contributed by atoms with van der Waals surface area (Å²) in [4.78, 5) is 5.19. The van der Waals surface area contributed by atoms with Crippen LogP contribution in [0.3, 0.4) is 0 Å². The Bertz CT molecular complexity index is 410. The molecule has 0 bridgehead atoms. The van der Waals surface area contributed by atoms with Crippen LogP contribution in [0.5, 0.6) is 0 Å². The average molecular weight is 194 g/mol. The van der Waals surface area contributed by atoms with E-state index in [4.69, 9.17) is 5.73 Å². The Morgan fingerprint density at radius 3 is 2.77 bits per heavy atom. The fourth-order valence-electron chi connectivity index (χ4n) is 1.05. The SMILES string of the molecule is Cc1csc(-c2nc(N)n(C)n2)c1. The molecule has 0 fully saturated rings. The van der Waals surface area contributed by atoms with Crippen molar-refractivity contribution in [2.75, 3.05) is 5.73 Å². The molecule has 0 radical (unpaired) electrons. The third-order valence-electron chi connectivity index (χ3n) is 1.75. The van der Waals surface area contributed by atoms with E-state index in [-0.39, 0.29) is 0 Å². The Morgan fingerprint density at radius 1 is 1.54 bits per heavy atom. The maximum Gasteiger partial charge on any atom is 0.218 e. The summed E-state index contributed by atoms with van der Waals surface area (Å²) in [5.41, 5.74) is 6.81. The van der Waals surface area contributed by atoms with Gasteiger partial charge in [0, 0.05) is 7.05 Å². The molecule has 13 heavy (non-hydrogen) atoms. The number of nitrogens with two attached hydrogens (primary N) is 1. The van der Waals surface area contributed by atoms with Crippen molar-refractivity contribution < 1.29 is 0 Å². The van der Waals surface area contributed by atoms with Gasteiger partial charge in [0.05, 0.1) is 4.88 Å². The summed E-state index contributed by atoms with van der Waals surface area (Å²) in [6, 6.07) is 2.06. The lowest BCUT2D eigenvalue weighted by molar-refractivity contribution is 0.781. The predicted molar refractivity (Wildman–Crippen MR) is 53.5 cm³/mol. The molecular formula is C8H10N4S. The molecule has 0 amide bonds. The van der Waals surface area contributed by atoms with Gasteiger partial charge in [-0.2, -0.15) is 4.98 Å². The smallest absolute Gasteiger partial charge is 0.218 e. The summed E-state index contributed by atoms with van der Waals surface area (Å²) in [5.74, 6) is 1.15. The van der Waals surface area contributed by atoms with Gasteiger partial charge in [0.1, 0.15) is 0 Å². The molecule has 0 saturated heterocycles. The second kappa shape index (κ2) is 2.85. The number of aromatic nitrogens is 3. The molecule has 5 heteroatoms. The molecule has 0 atom stereocenters. The van der Waals surface area contributed by atoms with Crippen LogP contribution < -0.4 is 5.73 Å². The van der Waals surface area contributed by atoms with Crippen LogP contribution in [0.2, 0.25) is 0 Å². The number of anilines is 1. The lowest BCUT2D eigenvalue weighted by Crippen LogP contribution is -1.97. The zero-order valence-corrected chi connectivity index (χ0v) is 8.30. The third-order valence-corrected chi connectivity index (χ3v) is 2.79. The van der Waals surface area contributed by atoms with Gasteiger partial charge in [-0.15, -0.1) is 16.4 Å². The first-order chi connectivity index (χ1) is 6.16. The maximum atomic E-state index is 5.58. The Balaban J connectivity index is 2.46. The van der Waals surface area contributed by atoms with Gasteiger partial charge in [0.25, 0.3) is 0 Å². The summed E-state index contributed by atoms with van der Waals surface area (Å²) in [7, 11) is 1.78. The predicted octanol–water partition coefficient (Wildman–Crippen LogP) is 1.43. The van der Waals surface area contributed by atoms with Crippen LogP contribution in [-0.2, 0) is 7.05 Å². The minimum absolute atomic E-state index is 0.445. The van der Waals surface area contributed by atoms with Gasteiger partial charge in [-0.05, 0) is 23.9 Å². The van der Waals surface area contributed by atoms with E-state index < -0.39 is 0 Å². The molecule has 0 unspecified atom stereocenters. The van der Waals surface area contributed by atoms with Crippen LogP contribution in [0.25, 0.3) is 10.7 Å². The summed E-state index contributed by atoms with van der Waals surface area (Å²) in [6.45, 7) is 2.05. The molecule has 2 N–H and O–H groups in total. The molecule has 0 saturated carbocycles. The number of hydrogen-bond donors (Lipinski definition) is 1. The van der Waals surface area contributed by atoms with Crippen LogP contribution in [0, 0.1) is 6.92 Å². The van der Waals surface area contributed by atoms with Crippen LogP contribution >= 0.6 is 11.3 Å². The van der Waals surface area contributed by atoms with Gasteiger partial charge in [0.15, 0.2) is 5.82 Å². The number of rotatable bonds is 1. The number of nitrogens with zero attached hydrogens (tertiary/aromatic N) is 3. The topological polar surface area (TPSA) is 56.7 Å². The lowest BCUT2D eigenvalue weighted by atomic mass is 10.3. The lowest BCUT2D eigenvalue weighted by Gasteiger charge is -1.85. The summed E-state index contributed by atoms with van der Waals surface area (Å²) in [6.07, 6.45) is 0. The van der Waals surface area contributed by atoms with Crippen molar-refractivity contribution in [3.05, 3.63) is 17.0 Å². The molecule has 0 aliphatic rings. The molecule has 2 aromatic heterocycles. The molecule has 2 heterocycles. The van der Waals surface area contributed by atoms with Gasteiger partial charge in [-0.25, -0.2) is 4.68 Å². The fourth-order valence-corrected chi connectivity index (χ4v) is 1.88. The molecule has 0 aliphatic heterocycles. The highest BCUT2D eigenvalue weighted by atomic mass is 32.1. The van der Waals surface area contributed by atoms with E-state index in [0.717, 1.165) is 4.88 Å². The molecular weight excluding hydrogens is 184 g/mol. The van der Waals surface area contributed by atoms with E-state index in [1.165, 1.54) is 5.56 Å². The molecule has 2 rings (SSSR count). The van der Waals surface area contributed by atoms with Crippen molar-refractivity contribution >= 4 is 17.3 Å². The number of hydrogen-bond acceptors (Lipinski definition) is 4. The van der Waals surface area contributed by atoms with Crippen LogP contribution in [-0.4, -0.2) is 14.8 Å². The number of aryl methyl sites for hydroxylation is 2. The van der Waals surface area contributed by atoms with Crippen molar-refractivity contribution in [3.63, 3.8) is 0 Å². The highest BCUT2D eigenvalue weighted by Gasteiger charge is 2.07. The van der Waals surface area contributed by atoms with Gasteiger partial charge in [0.2, 0.25) is 5.95 Å². The van der Waals surface area contributed by atoms with Gasteiger partial charge in [-0.1, -0.05) is 0 Å². The monoisotopic (exact) mass is 194 g/mol. The highest BCUT2D eigenvalue weighted by Crippen LogP contribution is 2.24. The molecule has 4 nitrogen and oxygen atoms in total. The van der Waals surface area contributed by atoms with E-state index >= 15 is 0 Å². The molecule has 0 spiro atoms. The second-order valence-electron chi connectivity index (χ2n) is 2.91. The largest absolute Gasteiger partial charge is 0.368 e. The van der Waals surface area contributed by atoms with E-state index in [1.807, 2.05) is 6.92 Å². The maximum absolute atomic E-state index is 5.58. The molecule has 0 aromatic carbocycles. The molecule has 2 aromatic rings. The van der Waals surface area contributed by atoms with Gasteiger partial charge in [-0.3, -0.25) is 0 Å². The van der Waals surface area contributed by atoms with E-state index in [2.05, 4.69) is 21.5 Å². The quantitative estimate of drug-likeness (QED) is 0.747. The fraction of sp³-hybridized carbons (Fsp3) is 0.250. The minimum Gasteiger partial charge on any atom is -0.368 e. The van der Waals surface area contributed by atoms with Crippen molar-refractivity contribution in [2.45, 2.75) is 6.92 Å². The highest BCUT2D eigenvalue weighted by molar-refractivity contribution is 7.13. The van der Waals surface area contributed by atoms with Gasteiger partial charge < -0.3 is 5.73 Å². The van der Waals surface area contributed by atoms with Crippen molar-refractivity contribution in [1.82, 2.24) is 14.8 Å². The summed E-state index contributed by atoms with van der Waals surface area (Å²) in [5, 5.41) is 6.26. The number of nitrogen functional groups attached to an aromatic ring is 1. The third kappa shape index (κ3) is 1.42. The normalized spacial score (nSPS) is 10.6. The number of thiophene rings is 1. The standard InChI is InChI=1S/C8H10N4S/c1-5-3-6(13-4-5)7-10-8(9)12(2)11-7/h3-4H,1-2H3,(H2,9,10,11). The summed E-state index contributed by atoms with van der Waals surface area (Å²) >= 11 is 1.63. The van der Waals surface area contributed by atoms with Crippen molar-refractivity contribution in [1.29, 1.82) is 0 Å². The Morgan fingerprint density at radius 2 is 2.31 bits per heavy atom. The second-order valence-corrected chi connectivity index (χ2v) is 3.82. The van der Waals surface area contributed by atoms with Crippen LogP contribution in [0.4, 0.5) is 5.95 Å². The van der Waals surface area contributed by atoms with Crippen LogP contribution in [0.1, 0.15) is 5.56 Å². The zero-order chi connectivity index (χ0) is 9.42. The van der Waals surface area contributed by atoms with E-state index in [9.17, 15) is 0 Å². The van der Waals surface area contributed by atoms with E-state index in [1.54, 1.807) is 23.1 Å². The first-order valence-corrected chi connectivity index (χ1v) is 4.77. The van der Waals surface area contributed by atoms with Gasteiger partial charge >= 0.3 is 0 Å². The Labute approximate surface area is 80.0 Å². The molecule has 0 aliphatic carbocycles. The zero-order valence-electron chi connectivity index (χ0n) is 7.48. The van der Waals surface area contributed by atoms with Crippen LogP contribution in [0.15, 0.2) is 11.4 Å². The molecule has 68 valence electrons. The van der Waals surface area contributed by atoms with Crippen molar-refractivity contribution in [2.24, 2.45) is 7.05 Å². The summed E-state index contributed by atoms with van der Waals surface area (Å²) < 4.78 is 1.57. The Kier molecular flexibility index (Phi) is 1.81. The van der Waals surface area contributed by atoms with Crippen molar-refractivity contribution in [3.8, 4) is 10.7 Å². The first-order valence-electron chi connectivity index (χ1n) is 3.89. The van der Waals surface area contributed by atoms with E-state index in [0.29, 0.717) is 11.8 Å². The average Bonchev–Trinajstić information content (AvgIpc) is 2.61. The first kappa shape index (κ1) is 8.25.